The molecule has 0 aliphatic heterocycles. The van der Waals surface area contributed by atoms with E-state index in [9.17, 15) is 19.5 Å². The molecule has 23 heavy (non-hydrogen) atoms. The Hall–Kier alpha value is -2.37. The van der Waals surface area contributed by atoms with Crippen LogP contribution in [0.25, 0.3) is 0 Å². The third kappa shape index (κ3) is 3.06. The van der Waals surface area contributed by atoms with Crippen molar-refractivity contribution in [1.29, 1.82) is 0 Å². The first-order valence-corrected chi connectivity index (χ1v) is 7.85. The zero-order chi connectivity index (χ0) is 16.6. The largest absolute Gasteiger partial charge is 0.550 e. The van der Waals surface area contributed by atoms with Gasteiger partial charge in [-0.3, -0.25) is 9.59 Å². The number of rotatable bonds is 4. The molecule has 2 aliphatic carbocycles. The van der Waals surface area contributed by atoms with Crippen LogP contribution < -0.4 is 15.7 Å². The molecule has 0 spiro atoms. The fourth-order valence-electron chi connectivity index (χ4n) is 4.11. The molecule has 2 N–H and O–H groups in total. The van der Waals surface area contributed by atoms with Crippen LogP contribution in [0.1, 0.15) is 26.2 Å². The van der Waals surface area contributed by atoms with Crippen LogP contribution in [0, 0.1) is 23.7 Å². The summed E-state index contributed by atoms with van der Waals surface area (Å²) in [6.07, 6.45) is 2.56. The van der Waals surface area contributed by atoms with E-state index >= 15 is 0 Å². The normalized spacial score (nSPS) is 28.4. The number of nitrogens with one attached hydrogen (secondary N) is 2. The van der Waals surface area contributed by atoms with Crippen molar-refractivity contribution in [3.63, 3.8) is 0 Å². The summed E-state index contributed by atoms with van der Waals surface area (Å²) in [6.45, 7) is 1.41. The smallest absolute Gasteiger partial charge is 0.228 e. The third-order valence-corrected chi connectivity index (χ3v) is 4.94. The van der Waals surface area contributed by atoms with Crippen molar-refractivity contribution in [3.05, 3.63) is 24.3 Å². The lowest BCUT2D eigenvalue weighted by Crippen LogP contribution is -2.43. The lowest BCUT2D eigenvalue weighted by atomic mass is 9.78. The van der Waals surface area contributed by atoms with Crippen LogP contribution in [0.2, 0.25) is 0 Å². The summed E-state index contributed by atoms with van der Waals surface area (Å²) in [5.41, 5.74) is 1.13. The van der Waals surface area contributed by atoms with Crippen LogP contribution in [0.3, 0.4) is 0 Å². The zero-order valence-electron chi connectivity index (χ0n) is 12.9. The number of amides is 2. The number of hydrogen-bond acceptors (Lipinski definition) is 4. The highest BCUT2D eigenvalue weighted by molar-refractivity contribution is 5.97. The Balaban J connectivity index is 1.74. The van der Waals surface area contributed by atoms with E-state index in [1.807, 2.05) is 0 Å². The lowest BCUT2D eigenvalue weighted by molar-refractivity contribution is -0.314. The molecular formula is C17H19N2O4-. The fraction of sp³-hybridized carbons (Fsp3) is 0.471. The average molecular weight is 315 g/mol. The van der Waals surface area contributed by atoms with Gasteiger partial charge < -0.3 is 20.5 Å². The molecule has 2 saturated carbocycles. The molecule has 0 radical (unpaired) electrons. The summed E-state index contributed by atoms with van der Waals surface area (Å²) < 4.78 is 0. The van der Waals surface area contributed by atoms with Crippen molar-refractivity contribution < 1.29 is 19.5 Å². The predicted molar refractivity (Wildman–Crippen MR) is 82.2 cm³/mol. The van der Waals surface area contributed by atoms with Crippen LogP contribution >= 0.6 is 0 Å². The molecule has 1 aromatic carbocycles. The van der Waals surface area contributed by atoms with Crippen LogP contribution in [0.4, 0.5) is 11.4 Å². The number of anilines is 2. The molecule has 2 bridgehead atoms. The molecule has 6 nitrogen and oxygen atoms in total. The third-order valence-electron chi connectivity index (χ3n) is 4.94. The summed E-state index contributed by atoms with van der Waals surface area (Å²) in [7, 11) is 0. The van der Waals surface area contributed by atoms with Gasteiger partial charge >= 0.3 is 0 Å². The predicted octanol–water partition coefficient (Wildman–Crippen LogP) is 0.996. The number of fused-ring (bicyclic) bond motifs is 2. The Bertz CT molecular complexity index is 658. The number of carboxylic acids is 1. The SMILES string of the molecule is CC(=O)Nc1cccc(NC(=O)[C@@H]2[C@H]3CC[C@@H](C3)[C@@H]2C(=O)[O-])c1. The summed E-state index contributed by atoms with van der Waals surface area (Å²) in [5, 5.41) is 16.8. The molecule has 2 amide bonds. The van der Waals surface area contributed by atoms with Gasteiger partial charge in [0.15, 0.2) is 0 Å². The first kappa shape index (κ1) is 15.5. The molecule has 2 aliphatic rings. The van der Waals surface area contributed by atoms with Gasteiger partial charge in [0, 0.05) is 36.1 Å². The monoisotopic (exact) mass is 315 g/mol. The maximum Gasteiger partial charge on any atom is 0.228 e. The average Bonchev–Trinajstić information content (AvgIpc) is 3.07. The molecular weight excluding hydrogens is 296 g/mol. The molecule has 0 saturated heterocycles. The van der Waals surface area contributed by atoms with E-state index in [0.717, 1.165) is 19.3 Å². The van der Waals surface area contributed by atoms with Gasteiger partial charge in [-0.15, -0.1) is 0 Å². The second kappa shape index (κ2) is 6.02. The Morgan fingerprint density at radius 2 is 1.65 bits per heavy atom. The topological polar surface area (TPSA) is 98.3 Å². The second-order valence-electron chi connectivity index (χ2n) is 6.46. The number of hydrogen-bond donors (Lipinski definition) is 2. The molecule has 0 heterocycles. The van der Waals surface area contributed by atoms with E-state index in [1.54, 1.807) is 24.3 Å². The van der Waals surface area contributed by atoms with Gasteiger partial charge in [-0.25, -0.2) is 0 Å². The zero-order valence-corrected chi connectivity index (χ0v) is 12.9. The quantitative estimate of drug-likeness (QED) is 0.866. The van der Waals surface area contributed by atoms with Crippen molar-refractivity contribution in [1.82, 2.24) is 0 Å². The van der Waals surface area contributed by atoms with Gasteiger partial charge in [-0.05, 0) is 49.3 Å². The number of carbonyl (C=O) groups excluding carboxylic acids is 3. The van der Waals surface area contributed by atoms with E-state index in [-0.39, 0.29) is 23.7 Å². The lowest BCUT2D eigenvalue weighted by Gasteiger charge is -2.30. The molecule has 0 unspecified atom stereocenters. The highest BCUT2D eigenvalue weighted by atomic mass is 16.4. The van der Waals surface area contributed by atoms with Crippen LogP contribution in [0.5, 0.6) is 0 Å². The second-order valence-corrected chi connectivity index (χ2v) is 6.46. The van der Waals surface area contributed by atoms with E-state index in [1.165, 1.54) is 6.92 Å². The van der Waals surface area contributed by atoms with E-state index < -0.39 is 17.8 Å². The highest BCUT2D eigenvalue weighted by Gasteiger charge is 2.51. The van der Waals surface area contributed by atoms with Crippen molar-refractivity contribution in [2.45, 2.75) is 26.2 Å². The van der Waals surface area contributed by atoms with Gasteiger partial charge in [0.1, 0.15) is 0 Å². The van der Waals surface area contributed by atoms with Gasteiger partial charge in [-0.1, -0.05) is 6.07 Å². The number of carboxylic acid groups (broad SMARTS) is 1. The molecule has 4 atom stereocenters. The molecule has 1 aromatic rings. The molecule has 3 rings (SSSR count). The first-order valence-electron chi connectivity index (χ1n) is 7.85. The fourth-order valence-corrected chi connectivity index (χ4v) is 4.11. The minimum absolute atomic E-state index is 0.0615. The van der Waals surface area contributed by atoms with Crippen LogP contribution in [0.15, 0.2) is 24.3 Å². The number of benzene rings is 1. The highest BCUT2D eigenvalue weighted by Crippen LogP contribution is 2.52. The Labute approximate surface area is 134 Å². The van der Waals surface area contributed by atoms with E-state index in [2.05, 4.69) is 10.6 Å². The molecule has 6 heteroatoms. The van der Waals surface area contributed by atoms with Gasteiger partial charge in [-0.2, -0.15) is 0 Å². The van der Waals surface area contributed by atoms with E-state index in [0.29, 0.717) is 11.4 Å². The van der Waals surface area contributed by atoms with Crippen molar-refractivity contribution in [2.75, 3.05) is 10.6 Å². The first-order chi connectivity index (χ1) is 11.0. The minimum atomic E-state index is -1.12. The number of aliphatic carboxylic acids is 1. The van der Waals surface area contributed by atoms with E-state index in [4.69, 9.17) is 0 Å². The van der Waals surface area contributed by atoms with Crippen LogP contribution in [-0.4, -0.2) is 17.8 Å². The van der Waals surface area contributed by atoms with Crippen molar-refractivity contribution >= 4 is 29.2 Å². The van der Waals surface area contributed by atoms with Crippen molar-refractivity contribution in [3.8, 4) is 0 Å². The number of carbonyl (C=O) groups is 3. The minimum Gasteiger partial charge on any atom is -0.550 e. The summed E-state index contributed by atoms with van der Waals surface area (Å²) in [6, 6.07) is 6.81. The molecule has 2 fully saturated rings. The molecule has 0 aromatic heterocycles. The van der Waals surface area contributed by atoms with Gasteiger partial charge in [0.25, 0.3) is 0 Å². The maximum atomic E-state index is 12.6. The summed E-state index contributed by atoms with van der Waals surface area (Å²) >= 11 is 0. The Morgan fingerprint density at radius 1 is 1.04 bits per heavy atom. The van der Waals surface area contributed by atoms with Gasteiger partial charge in [0.2, 0.25) is 11.8 Å². The van der Waals surface area contributed by atoms with Gasteiger partial charge in [0.05, 0.1) is 0 Å². The Kier molecular flexibility index (Phi) is 4.07. The maximum absolute atomic E-state index is 12.6. The standard InChI is InChI=1S/C17H20N2O4/c1-9(20)18-12-3-2-4-13(8-12)19-16(21)14-10-5-6-11(7-10)15(14)17(22)23/h2-4,8,10-11,14-15H,5-7H2,1H3,(H,18,20)(H,19,21)(H,22,23)/p-1/t10-,11-,14+,15-/m0/s1. The van der Waals surface area contributed by atoms with Crippen molar-refractivity contribution in [2.24, 2.45) is 23.7 Å². The summed E-state index contributed by atoms with van der Waals surface area (Å²) in [4.78, 5) is 35.0. The summed E-state index contributed by atoms with van der Waals surface area (Å²) in [5.74, 6) is -2.61. The molecule has 122 valence electrons. The Morgan fingerprint density at radius 3 is 2.26 bits per heavy atom. The van der Waals surface area contributed by atoms with Crippen LogP contribution in [-0.2, 0) is 14.4 Å².